The number of ether oxygens (including phenoxy) is 1. The first-order chi connectivity index (χ1) is 9.94. The van der Waals surface area contributed by atoms with Crippen molar-refractivity contribution in [2.75, 3.05) is 19.7 Å². The molecule has 0 spiro atoms. The summed E-state index contributed by atoms with van der Waals surface area (Å²) < 4.78 is 39.0. The third-order valence-electron chi connectivity index (χ3n) is 4.25. The van der Waals surface area contributed by atoms with Crippen LogP contribution < -0.4 is 0 Å². The van der Waals surface area contributed by atoms with E-state index in [-0.39, 0.29) is 32.5 Å². The predicted molar refractivity (Wildman–Crippen MR) is 67.7 cm³/mol. The number of furan rings is 1. The smallest absolute Gasteiger partial charge is 0.352 e. The van der Waals surface area contributed by atoms with Crippen molar-refractivity contribution in [3.05, 3.63) is 24.2 Å². The van der Waals surface area contributed by atoms with E-state index in [1.54, 1.807) is 12.1 Å². The molecule has 0 bridgehead atoms. The summed E-state index contributed by atoms with van der Waals surface area (Å²) in [5.41, 5.74) is -2.19. The molecule has 0 aromatic carbocycles. The normalized spacial score (nSPS) is 25.5. The van der Waals surface area contributed by atoms with Crippen molar-refractivity contribution in [3.63, 3.8) is 0 Å². The van der Waals surface area contributed by atoms with E-state index in [0.29, 0.717) is 12.2 Å². The molecule has 5 nitrogen and oxygen atoms in total. The SMILES string of the molecule is O=C(N1CCOC(c2ccco2)C1)C(F)(F)C1(O)CCC1. The van der Waals surface area contributed by atoms with Gasteiger partial charge in [-0.1, -0.05) is 0 Å². The highest BCUT2D eigenvalue weighted by Gasteiger charge is 2.62. The Morgan fingerprint density at radius 2 is 2.24 bits per heavy atom. The van der Waals surface area contributed by atoms with Gasteiger partial charge >= 0.3 is 5.92 Å². The van der Waals surface area contributed by atoms with Crippen LogP contribution in [0, 0.1) is 0 Å². The molecule has 2 aliphatic rings. The van der Waals surface area contributed by atoms with E-state index in [1.807, 2.05) is 0 Å². The molecule has 1 saturated carbocycles. The highest BCUT2D eigenvalue weighted by molar-refractivity contribution is 5.85. The summed E-state index contributed by atoms with van der Waals surface area (Å²) in [6, 6.07) is 3.35. The van der Waals surface area contributed by atoms with Crippen molar-refractivity contribution >= 4 is 5.91 Å². The molecule has 1 aromatic rings. The number of carbonyl (C=O) groups is 1. The van der Waals surface area contributed by atoms with Crippen molar-refractivity contribution in [2.45, 2.75) is 36.9 Å². The number of carbonyl (C=O) groups excluding carboxylic acids is 1. The van der Waals surface area contributed by atoms with Gasteiger partial charge in [0.25, 0.3) is 5.91 Å². The van der Waals surface area contributed by atoms with Gasteiger partial charge in [-0.15, -0.1) is 0 Å². The number of morpholine rings is 1. The molecule has 1 aliphatic carbocycles. The molecule has 1 N–H and O–H groups in total. The molecule has 1 atom stereocenters. The number of alkyl halides is 2. The van der Waals surface area contributed by atoms with E-state index in [2.05, 4.69) is 0 Å². The Morgan fingerprint density at radius 1 is 1.48 bits per heavy atom. The first kappa shape index (κ1) is 14.5. The molecule has 0 radical (unpaired) electrons. The van der Waals surface area contributed by atoms with E-state index >= 15 is 0 Å². The molecule has 1 aromatic heterocycles. The number of hydrogen-bond acceptors (Lipinski definition) is 4. The Morgan fingerprint density at radius 3 is 2.81 bits per heavy atom. The van der Waals surface area contributed by atoms with Crippen LogP contribution in [0.5, 0.6) is 0 Å². The summed E-state index contributed by atoms with van der Waals surface area (Å²) in [5, 5.41) is 9.84. The Labute approximate surface area is 120 Å². The molecule has 1 amide bonds. The van der Waals surface area contributed by atoms with Crippen LogP contribution >= 0.6 is 0 Å². The summed E-state index contributed by atoms with van der Waals surface area (Å²) in [6.07, 6.45) is 1.34. The van der Waals surface area contributed by atoms with Crippen molar-refractivity contribution in [3.8, 4) is 0 Å². The van der Waals surface area contributed by atoms with Gasteiger partial charge in [0.05, 0.1) is 19.4 Å². The van der Waals surface area contributed by atoms with Crippen LogP contribution in [0.3, 0.4) is 0 Å². The van der Waals surface area contributed by atoms with Gasteiger partial charge in [-0.3, -0.25) is 4.79 Å². The first-order valence-electron chi connectivity index (χ1n) is 6.99. The molecule has 7 heteroatoms. The average molecular weight is 301 g/mol. The van der Waals surface area contributed by atoms with Gasteiger partial charge in [0.1, 0.15) is 17.5 Å². The second kappa shape index (κ2) is 5.06. The molecule has 1 saturated heterocycles. The van der Waals surface area contributed by atoms with Gasteiger partial charge in [-0.2, -0.15) is 8.78 Å². The average Bonchev–Trinajstić information content (AvgIpc) is 2.98. The quantitative estimate of drug-likeness (QED) is 0.923. The molecule has 2 fully saturated rings. The van der Waals surface area contributed by atoms with Gasteiger partial charge in [-0.05, 0) is 31.4 Å². The number of rotatable bonds is 3. The summed E-state index contributed by atoms with van der Waals surface area (Å²) in [5.74, 6) is -4.58. The fourth-order valence-corrected chi connectivity index (χ4v) is 2.70. The number of hydrogen-bond donors (Lipinski definition) is 1. The fourth-order valence-electron chi connectivity index (χ4n) is 2.70. The van der Waals surface area contributed by atoms with Crippen LogP contribution in [0.25, 0.3) is 0 Å². The van der Waals surface area contributed by atoms with Crippen molar-refractivity contribution in [1.82, 2.24) is 4.90 Å². The lowest BCUT2D eigenvalue weighted by Gasteiger charge is -2.44. The summed E-state index contributed by atoms with van der Waals surface area (Å²) >= 11 is 0. The lowest BCUT2D eigenvalue weighted by Crippen LogP contribution is -2.62. The Balaban J connectivity index is 1.72. The maximum atomic E-state index is 14.2. The van der Waals surface area contributed by atoms with Gasteiger partial charge in [0.2, 0.25) is 0 Å². The van der Waals surface area contributed by atoms with Gasteiger partial charge in [-0.25, -0.2) is 0 Å². The van der Waals surface area contributed by atoms with Gasteiger partial charge in [0, 0.05) is 6.54 Å². The summed E-state index contributed by atoms with van der Waals surface area (Å²) in [4.78, 5) is 13.2. The number of nitrogens with zero attached hydrogens (tertiary/aromatic N) is 1. The minimum Gasteiger partial charge on any atom is -0.467 e. The lowest BCUT2D eigenvalue weighted by molar-refractivity contribution is -0.226. The maximum absolute atomic E-state index is 14.2. The monoisotopic (exact) mass is 301 g/mol. The van der Waals surface area contributed by atoms with Crippen LogP contribution in [0.4, 0.5) is 8.78 Å². The summed E-state index contributed by atoms with van der Waals surface area (Å²) in [7, 11) is 0. The van der Waals surface area contributed by atoms with E-state index in [1.165, 1.54) is 6.26 Å². The molecule has 1 aliphatic heterocycles. The zero-order chi connectivity index (χ0) is 15.1. The standard InChI is InChI=1S/C14H17F2NO4/c15-14(16,13(19)4-2-5-13)12(18)17-6-8-21-11(9-17)10-3-1-7-20-10/h1,3,7,11,19H,2,4-6,8-9H2. The maximum Gasteiger partial charge on any atom is 0.352 e. The highest BCUT2D eigenvalue weighted by Crippen LogP contribution is 2.45. The molecule has 116 valence electrons. The Kier molecular flexibility index (Phi) is 3.49. The largest absolute Gasteiger partial charge is 0.467 e. The van der Waals surface area contributed by atoms with E-state index < -0.39 is 23.5 Å². The predicted octanol–water partition coefficient (Wildman–Crippen LogP) is 1.73. The van der Waals surface area contributed by atoms with E-state index in [4.69, 9.17) is 9.15 Å². The van der Waals surface area contributed by atoms with Gasteiger partial charge in [0.15, 0.2) is 0 Å². The molecular weight excluding hydrogens is 284 g/mol. The van der Waals surface area contributed by atoms with Crippen LogP contribution in [-0.4, -0.2) is 47.1 Å². The molecule has 21 heavy (non-hydrogen) atoms. The minimum atomic E-state index is -3.75. The fraction of sp³-hybridized carbons (Fsp3) is 0.643. The van der Waals surface area contributed by atoms with E-state index in [0.717, 1.165) is 4.90 Å². The second-order valence-corrected chi connectivity index (χ2v) is 5.59. The zero-order valence-corrected chi connectivity index (χ0v) is 11.4. The van der Waals surface area contributed by atoms with Crippen LogP contribution in [0.15, 0.2) is 22.8 Å². The van der Waals surface area contributed by atoms with Crippen LogP contribution in [0.2, 0.25) is 0 Å². The molecular formula is C14H17F2NO4. The van der Waals surface area contributed by atoms with Crippen LogP contribution in [-0.2, 0) is 9.53 Å². The number of aliphatic hydroxyl groups is 1. The minimum absolute atomic E-state index is 0.00197. The zero-order valence-electron chi connectivity index (χ0n) is 11.4. The third kappa shape index (κ3) is 2.34. The summed E-state index contributed by atoms with van der Waals surface area (Å²) in [6.45, 7) is 0.241. The number of halogens is 2. The molecule has 1 unspecified atom stereocenters. The van der Waals surface area contributed by atoms with E-state index in [9.17, 15) is 18.7 Å². The molecule has 2 heterocycles. The third-order valence-corrected chi connectivity index (χ3v) is 4.25. The Bertz CT molecular complexity index is 513. The van der Waals surface area contributed by atoms with Crippen molar-refractivity contribution in [2.24, 2.45) is 0 Å². The van der Waals surface area contributed by atoms with Crippen LogP contribution in [0.1, 0.15) is 31.1 Å². The van der Waals surface area contributed by atoms with Gasteiger partial charge < -0.3 is 19.2 Å². The first-order valence-corrected chi connectivity index (χ1v) is 6.99. The van der Waals surface area contributed by atoms with Crippen molar-refractivity contribution in [1.29, 1.82) is 0 Å². The second-order valence-electron chi connectivity index (χ2n) is 5.59. The number of amides is 1. The topological polar surface area (TPSA) is 62.9 Å². The Hall–Kier alpha value is -1.47. The van der Waals surface area contributed by atoms with Crippen molar-refractivity contribution < 1.29 is 27.8 Å². The highest BCUT2D eigenvalue weighted by atomic mass is 19.3. The lowest BCUT2D eigenvalue weighted by atomic mass is 9.75. The molecule has 3 rings (SSSR count).